The van der Waals surface area contributed by atoms with Gasteiger partial charge in [0, 0.05) is 16.3 Å². The normalized spacial score (nSPS) is 10.9. The van der Waals surface area contributed by atoms with Crippen LogP contribution in [0.5, 0.6) is 0 Å². The van der Waals surface area contributed by atoms with E-state index in [-0.39, 0.29) is 0 Å². The Kier molecular flexibility index (Phi) is 5.22. The fourth-order valence-electron chi connectivity index (χ4n) is 4.89. The van der Waals surface area contributed by atoms with Crippen molar-refractivity contribution in [3.8, 4) is 40.3 Å². The molecule has 37 heavy (non-hydrogen) atoms. The van der Waals surface area contributed by atoms with Gasteiger partial charge in [-0.2, -0.15) is 10.5 Å². The molecule has 174 valence electrons. The van der Waals surface area contributed by atoms with Crippen LogP contribution in [0.2, 0.25) is 0 Å². The average Bonchev–Trinajstić information content (AvgIpc) is 3.25. The molecular weight excluding hydrogens is 456 g/mol. The second kappa shape index (κ2) is 8.71. The molecule has 2 aromatic heterocycles. The highest BCUT2D eigenvalue weighted by molar-refractivity contribution is 6.10. The van der Waals surface area contributed by atoms with E-state index >= 15 is 0 Å². The average molecular weight is 477 g/mol. The maximum atomic E-state index is 9.75. The summed E-state index contributed by atoms with van der Waals surface area (Å²) >= 11 is 0. The van der Waals surface area contributed by atoms with Crippen molar-refractivity contribution in [3.05, 3.63) is 108 Å². The Morgan fingerprint density at radius 3 is 2.11 bits per heavy atom. The summed E-state index contributed by atoms with van der Waals surface area (Å²) in [6.07, 6.45) is 0. The van der Waals surface area contributed by atoms with Crippen LogP contribution < -0.4 is 0 Å². The zero-order chi connectivity index (χ0) is 25.5. The number of nitrogens with zero attached hydrogens (tertiary/aromatic N) is 6. The number of hydrogen-bond donors (Lipinski definition) is 0. The van der Waals surface area contributed by atoms with E-state index in [2.05, 4.69) is 62.0 Å². The highest BCUT2D eigenvalue weighted by Gasteiger charge is 2.18. The summed E-state index contributed by atoms with van der Waals surface area (Å²) in [7, 11) is 0. The highest BCUT2D eigenvalue weighted by atomic mass is 15.0. The lowest BCUT2D eigenvalue weighted by Gasteiger charge is -2.14. The molecule has 0 amide bonds. The van der Waals surface area contributed by atoms with Crippen molar-refractivity contribution in [2.45, 2.75) is 13.8 Å². The summed E-state index contributed by atoms with van der Waals surface area (Å²) in [5.41, 5.74) is 6.75. The maximum Gasteiger partial charge on any atom is 0.165 e. The topological polar surface area (TPSA) is 91.2 Å². The molecule has 0 atom stereocenters. The molecule has 6 rings (SSSR count). The molecule has 0 spiro atoms. The van der Waals surface area contributed by atoms with Crippen LogP contribution in [-0.2, 0) is 0 Å². The van der Waals surface area contributed by atoms with Crippen LogP contribution in [0.25, 0.3) is 50.0 Å². The van der Waals surface area contributed by atoms with Crippen molar-refractivity contribution in [2.24, 2.45) is 0 Å². The van der Waals surface area contributed by atoms with Gasteiger partial charge < -0.3 is 4.57 Å². The van der Waals surface area contributed by atoms with Gasteiger partial charge in [0.2, 0.25) is 0 Å². The maximum absolute atomic E-state index is 9.75. The van der Waals surface area contributed by atoms with E-state index in [9.17, 15) is 10.5 Å². The van der Waals surface area contributed by atoms with Gasteiger partial charge in [0.25, 0.3) is 0 Å². The first-order valence-electron chi connectivity index (χ1n) is 11.8. The van der Waals surface area contributed by atoms with Crippen molar-refractivity contribution >= 4 is 21.8 Å². The van der Waals surface area contributed by atoms with Crippen LogP contribution in [0, 0.1) is 36.5 Å². The van der Waals surface area contributed by atoms with Gasteiger partial charge in [0.1, 0.15) is 11.6 Å². The predicted molar refractivity (Wildman–Crippen MR) is 144 cm³/mol. The van der Waals surface area contributed by atoms with Crippen molar-refractivity contribution in [3.63, 3.8) is 0 Å². The fourth-order valence-corrected chi connectivity index (χ4v) is 4.89. The number of fused-ring (bicyclic) bond motifs is 3. The molecular formula is C31H20N6. The third kappa shape index (κ3) is 3.78. The summed E-state index contributed by atoms with van der Waals surface area (Å²) < 4.78 is 2.17. The van der Waals surface area contributed by atoms with E-state index < -0.39 is 0 Å². The van der Waals surface area contributed by atoms with Crippen molar-refractivity contribution in [1.29, 1.82) is 10.5 Å². The minimum Gasteiger partial charge on any atom is -0.308 e. The monoisotopic (exact) mass is 476 g/mol. The van der Waals surface area contributed by atoms with Gasteiger partial charge in [-0.25, -0.2) is 15.0 Å². The first kappa shape index (κ1) is 22.2. The van der Waals surface area contributed by atoms with E-state index in [0.717, 1.165) is 44.2 Å². The number of hydrogen-bond acceptors (Lipinski definition) is 5. The third-order valence-electron chi connectivity index (χ3n) is 6.47. The van der Waals surface area contributed by atoms with Crippen LogP contribution in [0.3, 0.4) is 0 Å². The quantitative estimate of drug-likeness (QED) is 0.285. The van der Waals surface area contributed by atoms with Gasteiger partial charge in [-0.1, -0.05) is 42.5 Å². The Morgan fingerprint density at radius 1 is 0.622 bits per heavy atom. The molecule has 0 aliphatic carbocycles. The Morgan fingerprint density at radius 2 is 1.32 bits per heavy atom. The molecule has 6 nitrogen and oxygen atoms in total. The summed E-state index contributed by atoms with van der Waals surface area (Å²) in [5, 5.41) is 21.3. The number of nitriles is 2. The zero-order valence-electron chi connectivity index (χ0n) is 20.3. The van der Waals surface area contributed by atoms with E-state index in [1.165, 1.54) is 0 Å². The van der Waals surface area contributed by atoms with Crippen molar-refractivity contribution in [2.75, 3.05) is 0 Å². The SMILES string of the molecule is Cc1nc(C)nc(-c2ccc(C#N)cc2-n2c3ccccc3c3ccc(-c4cccc(C#N)c4)cc32)n1. The van der Waals surface area contributed by atoms with Gasteiger partial charge in [-0.3, -0.25) is 0 Å². The summed E-state index contributed by atoms with van der Waals surface area (Å²) in [6.45, 7) is 3.70. The standard InChI is InChI=1S/C31H20N6/c1-19-34-20(2)36-31(35-19)27-12-10-22(18-33)15-29(27)37-28-9-4-3-8-25(28)26-13-11-24(16-30(26)37)23-7-5-6-21(14-23)17-32/h3-16H,1-2H3. The van der Waals surface area contributed by atoms with Crippen LogP contribution in [-0.4, -0.2) is 19.5 Å². The van der Waals surface area contributed by atoms with Crippen molar-refractivity contribution in [1.82, 2.24) is 19.5 Å². The van der Waals surface area contributed by atoms with Gasteiger partial charge in [0.05, 0.1) is 40.0 Å². The summed E-state index contributed by atoms with van der Waals surface area (Å²) in [5.74, 6) is 1.84. The minimum absolute atomic E-state index is 0.546. The molecule has 0 fully saturated rings. The lowest BCUT2D eigenvalue weighted by molar-refractivity contribution is 0.926. The molecule has 0 aliphatic heterocycles. The Balaban J connectivity index is 1.71. The predicted octanol–water partition coefficient (Wildman–Crippen LogP) is 6.66. The number of aromatic nitrogens is 4. The van der Waals surface area contributed by atoms with E-state index in [1.807, 2.05) is 56.3 Å². The minimum atomic E-state index is 0.546. The molecule has 0 N–H and O–H groups in total. The van der Waals surface area contributed by atoms with Crippen LogP contribution in [0.15, 0.2) is 84.9 Å². The lowest BCUT2D eigenvalue weighted by Crippen LogP contribution is -2.03. The molecule has 6 heteroatoms. The largest absolute Gasteiger partial charge is 0.308 e. The number of para-hydroxylation sites is 1. The first-order chi connectivity index (χ1) is 18.1. The lowest BCUT2D eigenvalue weighted by atomic mass is 10.0. The summed E-state index contributed by atoms with van der Waals surface area (Å²) in [4.78, 5) is 13.6. The highest BCUT2D eigenvalue weighted by Crippen LogP contribution is 2.37. The van der Waals surface area contributed by atoms with Crippen molar-refractivity contribution < 1.29 is 0 Å². The molecule has 0 bridgehead atoms. The van der Waals surface area contributed by atoms with Gasteiger partial charge in [0.15, 0.2) is 5.82 Å². The molecule has 0 saturated carbocycles. The summed E-state index contributed by atoms with van der Waals surface area (Å²) in [6, 6.07) is 32.3. The molecule has 0 unspecified atom stereocenters. The second-order valence-corrected chi connectivity index (χ2v) is 8.87. The zero-order valence-corrected chi connectivity index (χ0v) is 20.3. The van der Waals surface area contributed by atoms with E-state index in [4.69, 9.17) is 0 Å². The Hall–Kier alpha value is -5.33. The Bertz CT molecular complexity index is 1910. The fraction of sp³-hybridized carbons (Fsp3) is 0.0645. The number of benzene rings is 4. The molecule has 4 aromatic carbocycles. The van der Waals surface area contributed by atoms with Crippen LogP contribution in [0.4, 0.5) is 0 Å². The molecule has 2 heterocycles. The number of aryl methyl sites for hydroxylation is 2. The van der Waals surface area contributed by atoms with Crippen LogP contribution >= 0.6 is 0 Å². The van der Waals surface area contributed by atoms with Gasteiger partial charge >= 0.3 is 0 Å². The third-order valence-corrected chi connectivity index (χ3v) is 6.47. The van der Waals surface area contributed by atoms with Gasteiger partial charge in [-0.05, 0) is 67.4 Å². The van der Waals surface area contributed by atoms with Crippen LogP contribution in [0.1, 0.15) is 22.8 Å². The molecule has 0 radical (unpaired) electrons. The van der Waals surface area contributed by atoms with E-state index in [1.54, 1.807) is 12.1 Å². The second-order valence-electron chi connectivity index (χ2n) is 8.87. The van der Waals surface area contributed by atoms with E-state index in [0.29, 0.717) is 28.6 Å². The van der Waals surface area contributed by atoms with Gasteiger partial charge in [-0.15, -0.1) is 0 Å². The number of rotatable bonds is 3. The molecule has 6 aromatic rings. The Labute approximate surface area is 213 Å². The molecule has 0 aliphatic rings. The smallest absolute Gasteiger partial charge is 0.165 e. The first-order valence-corrected chi connectivity index (χ1v) is 11.8. The molecule has 0 saturated heterocycles.